The van der Waals surface area contributed by atoms with Gasteiger partial charge in [0.25, 0.3) is 5.91 Å². The van der Waals surface area contributed by atoms with E-state index in [0.717, 1.165) is 35.1 Å². The molecule has 2 heterocycles. The molecule has 3 aromatic rings. The summed E-state index contributed by atoms with van der Waals surface area (Å²) in [6.45, 7) is 4.27. The van der Waals surface area contributed by atoms with Gasteiger partial charge in [-0.25, -0.2) is 0 Å². The maximum absolute atomic E-state index is 13.0. The zero-order chi connectivity index (χ0) is 19.1. The summed E-state index contributed by atoms with van der Waals surface area (Å²) < 4.78 is 11.8. The third-order valence-electron chi connectivity index (χ3n) is 5.35. The molecule has 1 aliphatic rings. The Morgan fingerprint density at radius 1 is 1.19 bits per heavy atom. The van der Waals surface area contributed by atoms with E-state index in [2.05, 4.69) is 0 Å². The fourth-order valence-electron chi connectivity index (χ4n) is 3.94. The Kier molecular flexibility index (Phi) is 4.38. The molecule has 1 amide bonds. The van der Waals surface area contributed by atoms with Crippen LogP contribution in [-0.2, 0) is 19.4 Å². The normalized spacial score (nSPS) is 13.8. The van der Waals surface area contributed by atoms with Gasteiger partial charge in [0.1, 0.15) is 17.1 Å². The highest BCUT2D eigenvalue weighted by Gasteiger charge is 2.30. The van der Waals surface area contributed by atoms with Gasteiger partial charge in [0.15, 0.2) is 11.5 Å². The molecule has 140 valence electrons. The number of benzene rings is 1. The van der Waals surface area contributed by atoms with E-state index in [1.807, 2.05) is 31.2 Å². The number of Topliss-reactive ketones (excluding diaryl/α,β-unsaturated/α-hetero) is 1. The summed E-state index contributed by atoms with van der Waals surface area (Å²) in [5.41, 5.74) is 3.13. The summed E-state index contributed by atoms with van der Waals surface area (Å²) in [4.78, 5) is 26.9. The third kappa shape index (κ3) is 2.87. The first kappa shape index (κ1) is 17.6. The van der Waals surface area contributed by atoms with Crippen molar-refractivity contribution in [1.82, 2.24) is 4.90 Å². The molecule has 0 spiro atoms. The second-order valence-electron chi connectivity index (χ2n) is 7.15. The van der Waals surface area contributed by atoms with E-state index in [0.29, 0.717) is 36.3 Å². The van der Waals surface area contributed by atoms with Gasteiger partial charge in [0, 0.05) is 49.4 Å². The minimum Gasteiger partial charge on any atom is -0.461 e. The molecule has 2 aromatic heterocycles. The lowest BCUT2D eigenvalue weighted by atomic mass is 9.94. The van der Waals surface area contributed by atoms with Crippen LogP contribution in [0.4, 0.5) is 0 Å². The molecule has 5 heteroatoms. The van der Waals surface area contributed by atoms with Crippen molar-refractivity contribution in [3.8, 4) is 0 Å². The van der Waals surface area contributed by atoms with Crippen LogP contribution in [0.5, 0.6) is 0 Å². The number of carbonyl (C=O) groups excluding carboxylic acids is 2. The van der Waals surface area contributed by atoms with E-state index >= 15 is 0 Å². The van der Waals surface area contributed by atoms with Gasteiger partial charge in [0.2, 0.25) is 0 Å². The molecular weight excluding hydrogens is 342 g/mol. The van der Waals surface area contributed by atoms with Gasteiger partial charge < -0.3 is 13.7 Å². The Morgan fingerprint density at radius 3 is 2.70 bits per heavy atom. The maximum atomic E-state index is 13.0. The molecule has 0 N–H and O–H groups in total. The van der Waals surface area contributed by atoms with Crippen LogP contribution in [0.3, 0.4) is 0 Å². The number of aryl methyl sites for hydroxylation is 2. The van der Waals surface area contributed by atoms with Crippen LogP contribution >= 0.6 is 0 Å². The van der Waals surface area contributed by atoms with Crippen LogP contribution in [-0.4, -0.2) is 23.6 Å². The molecule has 1 aromatic carbocycles. The molecule has 4 rings (SSSR count). The highest BCUT2D eigenvalue weighted by molar-refractivity contribution is 6.03. The number of hydrogen-bond donors (Lipinski definition) is 0. The number of nitrogens with zero attached hydrogens (tertiary/aromatic N) is 1. The molecule has 27 heavy (non-hydrogen) atoms. The first-order valence-electron chi connectivity index (χ1n) is 9.41. The molecule has 5 nitrogen and oxygen atoms in total. The summed E-state index contributed by atoms with van der Waals surface area (Å²) in [6, 6.07) is 7.87. The molecule has 0 aliphatic heterocycles. The molecule has 0 fully saturated rings. The van der Waals surface area contributed by atoms with Crippen LogP contribution in [0.1, 0.15) is 63.3 Å². The Labute approximate surface area is 157 Å². The SMILES string of the molecule is CCc1oc2ccccc2c1CN(C)C(=O)c1oc2c(c1C)C(=O)CCC2. The van der Waals surface area contributed by atoms with Crippen molar-refractivity contribution < 1.29 is 18.4 Å². The first-order valence-corrected chi connectivity index (χ1v) is 9.41. The summed E-state index contributed by atoms with van der Waals surface area (Å²) in [6.07, 6.45) is 2.78. The first-order chi connectivity index (χ1) is 13.0. The van der Waals surface area contributed by atoms with Gasteiger partial charge in [-0.05, 0) is 19.4 Å². The van der Waals surface area contributed by atoms with E-state index < -0.39 is 0 Å². The lowest BCUT2D eigenvalue weighted by Gasteiger charge is -2.16. The quantitative estimate of drug-likeness (QED) is 0.673. The molecule has 0 atom stereocenters. The summed E-state index contributed by atoms with van der Waals surface area (Å²) in [5, 5.41) is 1.03. The Bertz CT molecular complexity index is 1040. The van der Waals surface area contributed by atoms with Gasteiger partial charge in [-0.3, -0.25) is 9.59 Å². The number of ketones is 1. The topological polar surface area (TPSA) is 63.7 Å². The maximum Gasteiger partial charge on any atom is 0.289 e. The number of rotatable bonds is 4. The van der Waals surface area contributed by atoms with Gasteiger partial charge in [0.05, 0.1) is 5.56 Å². The van der Waals surface area contributed by atoms with Crippen LogP contribution in [0.15, 0.2) is 33.1 Å². The van der Waals surface area contributed by atoms with Crippen molar-refractivity contribution in [1.29, 1.82) is 0 Å². The second-order valence-corrected chi connectivity index (χ2v) is 7.15. The van der Waals surface area contributed by atoms with E-state index in [1.165, 1.54) is 0 Å². The lowest BCUT2D eigenvalue weighted by molar-refractivity contribution is 0.0749. The van der Waals surface area contributed by atoms with Crippen LogP contribution in [0, 0.1) is 6.92 Å². The monoisotopic (exact) mass is 365 g/mol. The number of furan rings is 2. The fourth-order valence-corrected chi connectivity index (χ4v) is 3.94. The summed E-state index contributed by atoms with van der Waals surface area (Å²) in [7, 11) is 1.76. The second kappa shape index (κ2) is 6.72. The molecule has 1 aliphatic carbocycles. The van der Waals surface area contributed by atoms with Crippen molar-refractivity contribution >= 4 is 22.7 Å². The number of hydrogen-bond acceptors (Lipinski definition) is 4. The smallest absolute Gasteiger partial charge is 0.289 e. The van der Waals surface area contributed by atoms with Crippen molar-refractivity contribution in [3.05, 3.63) is 58.2 Å². The summed E-state index contributed by atoms with van der Waals surface area (Å²) >= 11 is 0. The van der Waals surface area contributed by atoms with Gasteiger partial charge >= 0.3 is 0 Å². The van der Waals surface area contributed by atoms with Crippen LogP contribution in [0.2, 0.25) is 0 Å². The zero-order valence-electron chi connectivity index (χ0n) is 15.9. The average Bonchev–Trinajstić information content (AvgIpc) is 3.20. The van der Waals surface area contributed by atoms with Crippen LogP contribution < -0.4 is 0 Å². The zero-order valence-corrected chi connectivity index (χ0v) is 15.9. The van der Waals surface area contributed by atoms with E-state index in [1.54, 1.807) is 18.9 Å². The molecule has 0 bridgehead atoms. The molecular formula is C22H23NO4. The predicted molar refractivity (Wildman–Crippen MR) is 102 cm³/mol. The minimum atomic E-state index is -0.206. The average molecular weight is 365 g/mol. The number of para-hydroxylation sites is 1. The fraction of sp³-hybridized carbons (Fsp3) is 0.364. The van der Waals surface area contributed by atoms with Crippen molar-refractivity contribution in [2.45, 2.75) is 46.1 Å². The Balaban J connectivity index is 1.66. The van der Waals surface area contributed by atoms with E-state index in [9.17, 15) is 9.59 Å². The number of carbonyl (C=O) groups is 2. The van der Waals surface area contributed by atoms with Crippen molar-refractivity contribution in [3.63, 3.8) is 0 Å². The van der Waals surface area contributed by atoms with Gasteiger partial charge in [-0.15, -0.1) is 0 Å². The predicted octanol–water partition coefficient (Wildman–Crippen LogP) is 4.69. The third-order valence-corrected chi connectivity index (χ3v) is 5.35. The van der Waals surface area contributed by atoms with Crippen molar-refractivity contribution in [2.24, 2.45) is 0 Å². The van der Waals surface area contributed by atoms with Gasteiger partial charge in [-0.1, -0.05) is 25.1 Å². The largest absolute Gasteiger partial charge is 0.461 e. The minimum absolute atomic E-state index is 0.0771. The molecule has 0 radical (unpaired) electrons. The standard InChI is InChI=1S/C22H23NO4/c1-4-17-15(14-8-5-6-10-18(14)26-17)12-23(3)22(25)21-13(2)20-16(24)9-7-11-19(20)27-21/h5-6,8,10H,4,7,9,11-12H2,1-3H3. The molecule has 0 unspecified atom stereocenters. The number of amides is 1. The van der Waals surface area contributed by atoms with Gasteiger partial charge in [-0.2, -0.15) is 0 Å². The molecule has 0 saturated carbocycles. The highest BCUT2D eigenvalue weighted by atomic mass is 16.4. The van der Waals surface area contributed by atoms with Crippen molar-refractivity contribution in [2.75, 3.05) is 7.05 Å². The summed E-state index contributed by atoms with van der Waals surface area (Å²) in [5.74, 6) is 1.70. The highest BCUT2D eigenvalue weighted by Crippen LogP contribution is 2.31. The number of fused-ring (bicyclic) bond motifs is 2. The lowest BCUT2D eigenvalue weighted by Crippen LogP contribution is -2.26. The Morgan fingerprint density at radius 2 is 1.96 bits per heavy atom. The van der Waals surface area contributed by atoms with E-state index in [-0.39, 0.29) is 17.5 Å². The van der Waals surface area contributed by atoms with E-state index in [4.69, 9.17) is 8.83 Å². The van der Waals surface area contributed by atoms with Crippen LogP contribution in [0.25, 0.3) is 11.0 Å². The Hall–Kier alpha value is -2.82. The molecule has 0 saturated heterocycles.